The number of carbonyl (C=O) groups is 2. The topological polar surface area (TPSA) is 97.5 Å². The molecule has 1 aliphatic rings. The van der Waals surface area contributed by atoms with Gasteiger partial charge in [-0.1, -0.05) is 0 Å². The van der Waals surface area contributed by atoms with Crippen LogP contribution in [0.1, 0.15) is 6.92 Å². The van der Waals surface area contributed by atoms with E-state index >= 15 is 0 Å². The van der Waals surface area contributed by atoms with Crippen molar-refractivity contribution in [3.63, 3.8) is 0 Å². The Balaban J connectivity index is 2.66. The van der Waals surface area contributed by atoms with E-state index in [2.05, 4.69) is 0 Å². The number of sulfonamides is 1. The Morgan fingerprint density at radius 3 is 2.36 bits per heavy atom. The van der Waals surface area contributed by atoms with Crippen molar-refractivity contribution in [3.05, 3.63) is 11.6 Å². The van der Waals surface area contributed by atoms with Gasteiger partial charge in [-0.25, -0.2) is 13.6 Å². The van der Waals surface area contributed by atoms with Crippen LogP contribution in [0.3, 0.4) is 0 Å². The lowest BCUT2D eigenvalue weighted by molar-refractivity contribution is -0.136. The highest BCUT2D eigenvalue weighted by molar-refractivity contribution is 7.89. The van der Waals surface area contributed by atoms with Crippen LogP contribution in [0.2, 0.25) is 0 Å². The summed E-state index contributed by atoms with van der Waals surface area (Å²) in [5.41, 5.74) is 0.310. The summed E-state index contributed by atoms with van der Waals surface area (Å²) in [7, 11) is -3.65. The monoisotopic (exact) mass is 218 g/mol. The van der Waals surface area contributed by atoms with E-state index in [9.17, 15) is 18.0 Å². The van der Waals surface area contributed by atoms with E-state index in [0.717, 1.165) is 4.90 Å². The van der Waals surface area contributed by atoms with Crippen LogP contribution in [0.5, 0.6) is 0 Å². The lowest BCUT2D eigenvalue weighted by Gasteiger charge is -2.12. The zero-order chi connectivity index (χ0) is 10.9. The van der Waals surface area contributed by atoms with Gasteiger partial charge >= 0.3 is 0 Å². The Bertz CT molecular complexity index is 409. The van der Waals surface area contributed by atoms with Crippen LogP contribution in [-0.4, -0.2) is 37.4 Å². The van der Waals surface area contributed by atoms with Crippen LogP contribution >= 0.6 is 0 Å². The Morgan fingerprint density at radius 1 is 1.43 bits per heavy atom. The van der Waals surface area contributed by atoms with Crippen LogP contribution in [0, 0.1) is 0 Å². The van der Waals surface area contributed by atoms with Crippen molar-refractivity contribution in [2.45, 2.75) is 6.92 Å². The average Bonchev–Trinajstić information content (AvgIpc) is 2.23. The van der Waals surface area contributed by atoms with Crippen LogP contribution in [0.25, 0.3) is 0 Å². The zero-order valence-electron chi connectivity index (χ0n) is 7.56. The van der Waals surface area contributed by atoms with Crippen LogP contribution in [-0.2, 0) is 19.6 Å². The molecule has 2 N–H and O–H groups in total. The van der Waals surface area contributed by atoms with Gasteiger partial charge in [0.05, 0.1) is 5.75 Å². The maximum absolute atomic E-state index is 11.2. The first-order chi connectivity index (χ1) is 6.31. The normalized spacial score (nSPS) is 17.6. The van der Waals surface area contributed by atoms with E-state index in [1.54, 1.807) is 0 Å². The molecular formula is C7H10N2O4S. The van der Waals surface area contributed by atoms with Gasteiger partial charge in [0.15, 0.2) is 0 Å². The van der Waals surface area contributed by atoms with E-state index in [1.807, 2.05) is 0 Å². The summed E-state index contributed by atoms with van der Waals surface area (Å²) in [6.45, 7) is 1.31. The summed E-state index contributed by atoms with van der Waals surface area (Å²) in [5.74, 6) is -1.36. The summed E-state index contributed by atoms with van der Waals surface area (Å²) in [6, 6.07) is 0. The lowest BCUT2D eigenvalue weighted by atomic mass is 10.3. The van der Waals surface area contributed by atoms with Gasteiger partial charge in [0.2, 0.25) is 10.0 Å². The second kappa shape index (κ2) is 3.50. The summed E-state index contributed by atoms with van der Waals surface area (Å²) < 4.78 is 21.2. The molecule has 6 nitrogen and oxygen atoms in total. The molecule has 0 aromatic rings. The third kappa shape index (κ3) is 2.39. The number of primary sulfonamides is 1. The first kappa shape index (κ1) is 10.9. The van der Waals surface area contributed by atoms with Crippen molar-refractivity contribution in [2.75, 3.05) is 12.3 Å². The minimum atomic E-state index is -3.65. The number of nitrogens with zero attached hydrogens (tertiary/aromatic N) is 1. The third-order valence-corrected chi connectivity index (χ3v) is 2.54. The fraction of sp³-hybridized carbons (Fsp3) is 0.429. The van der Waals surface area contributed by atoms with Gasteiger partial charge < -0.3 is 0 Å². The molecule has 0 atom stereocenters. The van der Waals surface area contributed by atoms with Crippen molar-refractivity contribution in [2.24, 2.45) is 5.14 Å². The fourth-order valence-electron chi connectivity index (χ4n) is 1.07. The Labute approximate surface area is 81.4 Å². The molecular weight excluding hydrogens is 208 g/mol. The highest BCUT2D eigenvalue weighted by Crippen LogP contribution is 2.11. The molecule has 0 radical (unpaired) electrons. The first-order valence-electron chi connectivity index (χ1n) is 3.86. The van der Waals surface area contributed by atoms with Crippen molar-refractivity contribution in [1.29, 1.82) is 0 Å². The summed E-state index contributed by atoms with van der Waals surface area (Å²) in [5, 5.41) is 4.75. The van der Waals surface area contributed by atoms with E-state index in [0.29, 0.717) is 5.57 Å². The van der Waals surface area contributed by atoms with E-state index < -0.39 is 27.6 Å². The maximum atomic E-state index is 11.2. The zero-order valence-corrected chi connectivity index (χ0v) is 8.37. The molecule has 0 bridgehead atoms. The van der Waals surface area contributed by atoms with Crippen LogP contribution in [0.4, 0.5) is 0 Å². The van der Waals surface area contributed by atoms with E-state index in [-0.39, 0.29) is 6.54 Å². The lowest BCUT2D eigenvalue weighted by Crippen LogP contribution is -2.36. The number of nitrogens with two attached hydrogens (primary N) is 1. The molecule has 0 saturated heterocycles. The summed E-state index contributed by atoms with van der Waals surface area (Å²) in [6.07, 6.45) is 1.17. The first-order valence-corrected chi connectivity index (χ1v) is 5.57. The van der Waals surface area contributed by atoms with Crippen molar-refractivity contribution in [1.82, 2.24) is 4.90 Å². The summed E-state index contributed by atoms with van der Waals surface area (Å²) >= 11 is 0. The molecule has 0 unspecified atom stereocenters. The number of amides is 2. The predicted molar refractivity (Wildman–Crippen MR) is 48.5 cm³/mol. The van der Waals surface area contributed by atoms with E-state index in [4.69, 9.17) is 5.14 Å². The van der Waals surface area contributed by atoms with Gasteiger partial charge in [0.25, 0.3) is 11.8 Å². The molecule has 0 spiro atoms. The summed E-state index contributed by atoms with van der Waals surface area (Å²) in [4.78, 5) is 23.2. The third-order valence-electron chi connectivity index (χ3n) is 1.79. The van der Waals surface area contributed by atoms with Gasteiger partial charge in [-0.3, -0.25) is 14.5 Å². The molecule has 2 amide bonds. The Kier molecular flexibility index (Phi) is 2.72. The fourth-order valence-corrected chi connectivity index (χ4v) is 1.51. The molecule has 0 fully saturated rings. The maximum Gasteiger partial charge on any atom is 0.256 e. The predicted octanol–water partition coefficient (Wildman–Crippen LogP) is -1.41. The number of hydrogen-bond acceptors (Lipinski definition) is 4. The van der Waals surface area contributed by atoms with Crippen molar-refractivity contribution < 1.29 is 18.0 Å². The van der Waals surface area contributed by atoms with Crippen molar-refractivity contribution >= 4 is 21.8 Å². The van der Waals surface area contributed by atoms with Gasteiger partial charge in [-0.05, 0) is 6.92 Å². The highest BCUT2D eigenvalue weighted by Gasteiger charge is 2.28. The Morgan fingerprint density at radius 2 is 2.00 bits per heavy atom. The van der Waals surface area contributed by atoms with Crippen molar-refractivity contribution in [3.8, 4) is 0 Å². The molecule has 1 rings (SSSR count). The molecule has 1 aliphatic heterocycles. The van der Waals surface area contributed by atoms with Gasteiger partial charge in [0, 0.05) is 18.2 Å². The minimum Gasteiger partial charge on any atom is -0.274 e. The minimum absolute atomic E-state index is 0.190. The van der Waals surface area contributed by atoms with E-state index in [1.165, 1.54) is 13.0 Å². The SMILES string of the molecule is CC1=CC(=O)N(CCS(N)(=O)=O)C1=O. The Hall–Kier alpha value is -1.21. The molecule has 78 valence electrons. The number of rotatable bonds is 3. The second-order valence-corrected chi connectivity index (χ2v) is 4.72. The smallest absolute Gasteiger partial charge is 0.256 e. The number of imide groups is 1. The molecule has 0 saturated carbocycles. The molecule has 1 heterocycles. The standard InChI is InChI=1S/C7H10N2O4S/c1-5-4-6(10)9(7(5)11)2-3-14(8,12)13/h4H,2-3H2,1H3,(H2,8,12,13). The second-order valence-electron chi connectivity index (χ2n) is 2.99. The van der Waals surface area contributed by atoms with Gasteiger partial charge in [-0.2, -0.15) is 0 Å². The molecule has 0 aromatic heterocycles. The van der Waals surface area contributed by atoms with Crippen LogP contribution in [0.15, 0.2) is 11.6 Å². The molecule has 7 heteroatoms. The highest BCUT2D eigenvalue weighted by atomic mass is 32.2. The molecule has 0 aliphatic carbocycles. The van der Waals surface area contributed by atoms with Gasteiger partial charge in [0.1, 0.15) is 0 Å². The average molecular weight is 218 g/mol. The molecule has 0 aromatic carbocycles. The number of carbonyl (C=O) groups excluding carboxylic acids is 2. The number of hydrogen-bond donors (Lipinski definition) is 1. The largest absolute Gasteiger partial charge is 0.274 e. The quantitative estimate of drug-likeness (QED) is 0.588. The molecule has 14 heavy (non-hydrogen) atoms. The van der Waals surface area contributed by atoms with Gasteiger partial charge in [-0.15, -0.1) is 0 Å². The van der Waals surface area contributed by atoms with Crippen LogP contribution < -0.4 is 5.14 Å².